The van der Waals surface area contributed by atoms with E-state index in [4.69, 9.17) is 0 Å². The Morgan fingerprint density at radius 1 is 1.55 bits per heavy atom. The molecule has 1 rings (SSSR count). The zero-order chi connectivity index (χ0) is 15.7. The van der Waals surface area contributed by atoms with E-state index in [9.17, 15) is 0 Å². The summed E-state index contributed by atoms with van der Waals surface area (Å²) in [6.45, 7) is 12.9. The maximum absolute atomic E-state index is 4.39. The van der Waals surface area contributed by atoms with Crippen LogP contribution in [0.15, 0.2) is 17.6 Å². The Morgan fingerprint density at radius 3 is 2.86 bits per heavy atom. The number of nitrogens with one attached hydrogen (secondary N) is 1. The molecule has 0 aliphatic carbocycles. The number of hydrogen-bond acceptors (Lipinski definition) is 2. The molecular weight excluding hydrogens is 387 g/mol. The van der Waals surface area contributed by atoms with Crippen molar-refractivity contribution in [1.29, 1.82) is 0 Å². The smallest absolute Gasteiger partial charge is 0.193 e. The van der Waals surface area contributed by atoms with Gasteiger partial charge in [-0.3, -0.25) is 9.89 Å². The number of unbranched alkanes of at least 4 members (excludes halogenated alkanes) is 1. The molecule has 1 fully saturated rings. The molecule has 22 heavy (non-hydrogen) atoms. The molecule has 0 spiro atoms. The minimum absolute atomic E-state index is 0. The fraction of sp³-hybridized carbons (Fsp3) is 0.824. The van der Waals surface area contributed by atoms with E-state index in [0.29, 0.717) is 6.04 Å². The molecule has 0 amide bonds. The van der Waals surface area contributed by atoms with E-state index >= 15 is 0 Å². The van der Waals surface area contributed by atoms with Gasteiger partial charge in [-0.2, -0.15) is 0 Å². The second-order valence-corrected chi connectivity index (χ2v) is 6.37. The molecular formula is C17H35IN4. The van der Waals surface area contributed by atoms with Crippen LogP contribution in [0.25, 0.3) is 0 Å². The fourth-order valence-corrected chi connectivity index (χ4v) is 2.96. The summed E-state index contributed by atoms with van der Waals surface area (Å²) in [7, 11) is 3.96. The summed E-state index contributed by atoms with van der Waals surface area (Å²) in [6.07, 6.45) is 6.87. The molecule has 1 aliphatic heterocycles. The van der Waals surface area contributed by atoms with E-state index < -0.39 is 0 Å². The maximum Gasteiger partial charge on any atom is 0.193 e. The SMILES string of the molecule is C=CCCCN(C)C(=NC)NCC(C)N1CCCC(C)C1.I. The van der Waals surface area contributed by atoms with Gasteiger partial charge in [0.15, 0.2) is 5.96 Å². The lowest BCUT2D eigenvalue weighted by Crippen LogP contribution is -2.49. The van der Waals surface area contributed by atoms with Gasteiger partial charge in [-0.25, -0.2) is 0 Å². The van der Waals surface area contributed by atoms with Crippen LogP contribution in [0.5, 0.6) is 0 Å². The van der Waals surface area contributed by atoms with Crippen LogP contribution in [0, 0.1) is 5.92 Å². The van der Waals surface area contributed by atoms with Gasteiger partial charge < -0.3 is 10.2 Å². The summed E-state index contributed by atoms with van der Waals surface area (Å²) < 4.78 is 0. The van der Waals surface area contributed by atoms with Gasteiger partial charge in [-0.05, 0) is 45.1 Å². The Bertz CT molecular complexity index is 333. The molecule has 0 saturated carbocycles. The summed E-state index contributed by atoms with van der Waals surface area (Å²) in [5, 5.41) is 3.52. The number of likely N-dealkylation sites (tertiary alicyclic amines) is 1. The van der Waals surface area contributed by atoms with E-state index in [0.717, 1.165) is 37.8 Å². The summed E-state index contributed by atoms with van der Waals surface area (Å²) >= 11 is 0. The Labute approximate surface area is 154 Å². The lowest BCUT2D eigenvalue weighted by atomic mass is 9.99. The van der Waals surface area contributed by atoms with Gasteiger partial charge in [0.25, 0.3) is 0 Å². The number of nitrogens with zero attached hydrogens (tertiary/aromatic N) is 3. The molecule has 0 bridgehead atoms. The highest BCUT2D eigenvalue weighted by Gasteiger charge is 2.21. The number of hydrogen-bond donors (Lipinski definition) is 1. The van der Waals surface area contributed by atoms with E-state index in [1.807, 2.05) is 13.1 Å². The quantitative estimate of drug-likeness (QED) is 0.225. The summed E-state index contributed by atoms with van der Waals surface area (Å²) in [5.74, 6) is 1.83. The molecule has 1 N–H and O–H groups in total. The Morgan fingerprint density at radius 2 is 2.27 bits per heavy atom. The molecule has 2 atom stereocenters. The maximum atomic E-state index is 4.39. The molecule has 0 radical (unpaired) electrons. The van der Waals surface area contributed by atoms with E-state index in [1.165, 1.54) is 25.9 Å². The van der Waals surface area contributed by atoms with Crippen LogP contribution in [-0.2, 0) is 0 Å². The first-order valence-corrected chi connectivity index (χ1v) is 8.35. The number of aliphatic imine (C=N–C) groups is 1. The lowest BCUT2D eigenvalue weighted by molar-refractivity contribution is 0.139. The second kappa shape index (κ2) is 12.2. The first-order chi connectivity index (χ1) is 10.1. The van der Waals surface area contributed by atoms with Crippen molar-refractivity contribution in [2.24, 2.45) is 10.9 Å². The molecule has 5 heteroatoms. The molecule has 1 saturated heterocycles. The highest BCUT2D eigenvalue weighted by molar-refractivity contribution is 14.0. The first-order valence-electron chi connectivity index (χ1n) is 8.35. The van der Waals surface area contributed by atoms with Crippen molar-refractivity contribution in [3.63, 3.8) is 0 Å². The normalized spacial score (nSPS) is 20.9. The van der Waals surface area contributed by atoms with Gasteiger partial charge in [-0.15, -0.1) is 30.6 Å². The zero-order valence-corrected chi connectivity index (χ0v) is 17.2. The van der Waals surface area contributed by atoms with Gasteiger partial charge >= 0.3 is 0 Å². The number of allylic oxidation sites excluding steroid dienone is 1. The van der Waals surface area contributed by atoms with Crippen molar-refractivity contribution in [3.8, 4) is 0 Å². The van der Waals surface area contributed by atoms with Gasteiger partial charge in [0.1, 0.15) is 0 Å². The summed E-state index contributed by atoms with van der Waals surface area (Å²) in [6, 6.07) is 0.561. The van der Waals surface area contributed by atoms with Gasteiger partial charge in [0.2, 0.25) is 0 Å². The van der Waals surface area contributed by atoms with Crippen LogP contribution in [0.2, 0.25) is 0 Å². The topological polar surface area (TPSA) is 30.9 Å². The van der Waals surface area contributed by atoms with Crippen molar-refractivity contribution in [2.45, 2.75) is 45.6 Å². The Balaban J connectivity index is 0.00000441. The second-order valence-electron chi connectivity index (χ2n) is 6.37. The molecule has 130 valence electrons. The standard InChI is InChI=1S/C17H34N4.HI/c1-6-7-8-11-20(5)17(18-4)19-13-16(3)21-12-9-10-15(2)14-21;/h6,15-16H,1,7-14H2,2-5H3,(H,18,19);1H. The third kappa shape index (κ3) is 7.81. The van der Waals surface area contributed by atoms with E-state index in [2.05, 4.69) is 47.6 Å². The minimum atomic E-state index is 0. The van der Waals surface area contributed by atoms with Crippen LogP contribution in [-0.4, -0.2) is 62.1 Å². The molecule has 0 aromatic heterocycles. The van der Waals surface area contributed by atoms with Crippen LogP contribution in [0.3, 0.4) is 0 Å². The van der Waals surface area contributed by atoms with Crippen LogP contribution in [0.4, 0.5) is 0 Å². The molecule has 1 heterocycles. The summed E-state index contributed by atoms with van der Waals surface area (Å²) in [5.41, 5.74) is 0. The van der Waals surface area contributed by atoms with Crippen LogP contribution < -0.4 is 5.32 Å². The Kier molecular flexibility index (Phi) is 12.0. The highest BCUT2D eigenvalue weighted by atomic mass is 127. The molecule has 2 unspecified atom stereocenters. The molecule has 4 nitrogen and oxygen atoms in total. The van der Waals surface area contributed by atoms with Crippen molar-refractivity contribution in [2.75, 3.05) is 40.3 Å². The van der Waals surface area contributed by atoms with Crippen molar-refractivity contribution < 1.29 is 0 Å². The lowest BCUT2D eigenvalue weighted by Gasteiger charge is -2.36. The van der Waals surface area contributed by atoms with E-state index in [-0.39, 0.29) is 24.0 Å². The predicted molar refractivity (Wildman–Crippen MR) is 108 cm³/mol. The monoisotopic (exact) mass is 422 g/mol. The first kappa shape index (κ1) is 21.7. The zero-order valence-electron chi connectivity index (χ0n) is 14.8. The van der Waals surface area contributed by atoms with Crippen molar-refractivity contribution >= 4 is 29.9 Å². The van der Waals surface area contributed by atoms with Crippen molar-refractivity contribution in [1.82, 2.24) is 15.1 Å². The third-order valence-corrected chi connectivity index (χ3v) is 4.34. The van der Waals surface area contributed by atoms with Gasteiger partial charge in [0.05, 0.1) is 0 Å². The molecule has 0 aromatic rings. The summed E-state index contributed by atoms with van der Waals surface area (Å²) in [4.78, 5) is 9.19. The van der Waals surface area contributed by atoms with Gasteiger partial charge in [0, 0.05) is 39.8 Å². The largest absolute Gasteiger partial charge is 0.355 e. The number of piperidine rings is 1. The number of halogens is 1. The molecule has 1 aliphatic rings. The number of rotatable bonds is 7. The fourth-order valence-electron chi connectivity index (χ4n) is 2.96. The Hall–Kier alpha value is -0.300. The van der Waals surface area contributed by atoms with Crippen molar-refractivity contribution in [3.05, 3.63) is 12.7 Å². The average Bonchev–Trinajstić information content (AvgIpc) is 2.48. The minimum Gasteiger partial charge on any atom is -0.355 e. The average molecular weight is 422 g/mol. The molecule has 0 aromatic carbocycles. The third-order valence-electron chi connectivity index (χ3n) is 4.34. The van der Waals surface area contributed by atoms with Crippen LogP contribution >= 0.6 is 24.0 Å². The van der Waals surface area contributed by atoms with Gasteiger partial charge in [-0.1, -0.05) is 13.0 Å². The highest BCUT2D eigenvalue weighted by Crippen LogP contribution is 2.17. The van der Waals surface area contributed by atoms with E-state index in [1.54, 1.807) is 0 Å². The predicted octanol–water partition coefficient (Wildman–Crippen LogP) is 3.20. The number of guanidine groups is 1. The van der Waals surface area contributed by atoms with Crippen LogP contribution in [0.1, 0.15) is 39.5 Å².